The maximum absolute atomic E-state index is 13.1. The molecule has 0 amide bonds. The molecule has 20 heavy (non-hydrogen) atoms. The van der Waals surface area contributed by atoms with Crippen molar-refractivity contribution < 1.29 is 8.78 Å². The van der Waals surface area contributed by atoms with Crippen LogP contribution >= 0.6 is 7.92 Å². The first-order valence-electron chi connectivity index (χ1n) is 6.39. The molecule has 0 saturated heterocycles. The summed E-state index contributed by atoms with van der Waals surface area (Å²) in [6.45, 7) is 0. The number of benzene rings is 2. The average Bonchev–Trinajstić information content (AvgIpc) is 2.97. The van der Waals surface area contributed by atoms with Gasteiger partial charge >= 0.3 is 0 Å². The van der Waals surface area contributed by atoms with Crippen molar-refractivity contribution >= 4 is 18.5 Å². The van der Waals surface area contributed by atoms with E-state index in [-0.39, 0.29) is 17.3 Å². The van der Waals surface area contributed by atoms with Gasteiger partial charge in [-0.2, -0.15) is 0 Å². The third-order valence-electron chi connectivity index (χ3n) is 3.24. The van der Waals surface area contributed by atoms with E-state index in [1.807, 2.05) is 36.4 Å². The van der Waals surface area contributed by atoms with E-state index in [1.54, 1.807) is 0 Å². The van der Waals surface area contributed by atoms with Crippen LogP contribution in [-0.4, -0.2) is 5.66 Å². The molecule has 1 aliphatic carbocycles. The largest absolute Gasteiger partial charge is 0.207 e. The summed E-state index contributed by atoms with van der Waals surface area (Å²) < 4.78 is 26.2. The average molecular weight is 286 g/mol. The molecule has 0 spiro atoms. The lowest BCUT2D eigenvalue weighted by Gasteiger charge is -2.23. The summed E-state index contributed by atoms with van der Waals surface area (Å²) in [6.07, 6.45) is 8.32. The summed E-state index contributed by atoms with van der Waals surface area (Å²) in [5, 5.41) is 2.18. The molecule has 2 aromatic carbocycles. The van der Waals surface area contributed by atoms with Gasteiger partial charge in [0.2, 0.25) is 0 Å². The summed E-state index contributed by atoms with van der Waals surface area (Å²) in [7, 11) is -0.684. The van der Waals surface area contributed by atoms with Gasteiger partial charge in [0.1, 0.15) is 11.6 Å². The molecule has 0 fully saturated rings. The smallest absolute Gasteiger partial charge is 0.123 e. The molecule has 1 aliphatic rings. The summed E-state index contributed by atoms with van der Waals surface area (Å²) >= 11 is 0. The zero-order chi connectivity index (χ0) is 13.9. The normalized spacial score (nSPS) is 14.3. The Morgan fingerprint density at radius 1 is 0.650 bits per heavy atom. The fourth-order valence-corrected chi connectivity index (χ4v) is 4.76. The molecule has 0 heterocycles. The first kappa shape index (κ1) is 13.2. The lowest BCUT2D eigenvalue weighted by molar-refractivity contribution is 0.628. The van der Waals surface area contributed by atoms with Gasteiger partial charge in [-0.1, -0.05) is 48.6 Å². The van der Waals surface area contributed by atoms with E-state index >= 15 is 0 Å². The van der Waals surface area contributed by atoms with Crippen molar-refractivity contribution in [2.45, 2.75) is 5.66 Å². The molecule has 0 bridgehead atoms. The first-order chi connectivity index (χ1) is 9.74. The number of halogens is 2. The minimum atomic E-state index is -0.684. The summed E-state index contributed by atoms with van der Waals surface area (Å²) in [6, 6.07) is 13.2. The van der Waals surface area contributed by atoms with Crippen molar-refractivity contribution in [3.8, 4) is 0 Å². The van der Waals surface area contributed by atoms with Gasteiger partial charge in [-0.15, -0.1) is 0 Å². The van der Waals surface area contributed by atoms with E-state index in [2.05, 4.69) is 12.2 Å². The quantitative estimate of drug-likeness (QED) is 0.751. The third kappa shape index (κ3) is 2.71. The lowest BCUT2D eigenvalue weighted by Crippen LogP contribution is -2.18. The predicted octanol–water partition coefficient (Wildman–Crippen LogP) is 3.89. The minimum Gasteiger partial charge on any atom is -0.207 e. The summed E-state index contributed by atoms with van der Waals surface area (Å²) in [5.74, 6) is -0.472. The van der Waals surface area contributed by atoms with Crippen molar-refractivity contribution in [2.24, 2.45) is 0 Å². The van der Waals surface area contributed by atoms with Gasteiger partial charge in [-0.05, 0) is 42.8 Å². The van der Waals surface area contributed by atoms with Crippen LogP contribution in [0.1, 0.15) is 0 Å². The minimum absolute atomic E-state index is 0.236. The highest BCUT2D eigenvalue weighted by atomic mass is 31.1. The van der Waals surface area contributed by atoms with E-state index in [4.69, 9.17) is 0 Å². The molecule has 0 unspecified atom stereocenters. The Hall–Kier alpha value is -1.79. The molecule has 0 radical (unpaired) electrons. The monoisotopic (exact) mass is 286 g/mol. The SMILES string of the molecule is Fc1ccc(P(c2ccc(F)cc2)C2C=CC=C2)cc1. The first-order valence-corrected chi connectivity index (χ1v) is 7.80. The van der Waals surface area contributed by atoms with Gasteiger partial charge in [0.15, 0.2) is 0 Å². The number of hydrogen-bond donors (Lipinski definition) is 0. The molecule has 3 heteroatoms. The molecule has 3 rings (SSSR count). The molecule has 0 saturated carbocycles. The molecule has 100 valence electrons. The van der Waals surface area contributed by atoms with Crippen LogP contribution in [-0.2, 0) is 0 Å². The van der Waals surface area contributed by atoms with Crippen molar-refractivity contribution in [1.82, 2.24) is 0 Å². The van der Waals surface area contributed by atoms with Crippen LogP contribution in [0.2, 0.25) is 0 Å². The van der Waals surface area contributed by atoms with E-state index in [9.17, 15) is 8.78 Å². The van der Waals surface area contributed by atoms with Crippen LogP contribution in [0.15, 0.2) is 72.8 Å². The number of allylic oxidation sites excluding steroid dienone is 4. The van der Waals surface area contributed by atoms with E-state index < -0.39 is 7.92 Å². The Bertz CT molecular complexity index is 584. The zero-order valence-electron chi connectivity index (χ0n) is 10.7. The van der Waals surface area contributed by atoms with E-state index in [0.717, 1.165) is 10.6 Å². The van der Waals surface area contributed by atoms with Crippen molar-refractivity contribution in [2.75, 3.05) is 0 Å². The summed E-state index contributed by atoms with van der Waals surface area (Å²) in [5.41, 5.74) is 0.279. The van der Waals surface area contributed by atoms with Gasteiger partial charge < -0.3 is 0 Å². The standard InChI is InChI=1S/C17H13F2P/c18-13-5-9-16(10-6-13)20(15-3-1-2-4-15)17-11-7-14(19)8-12-17/h1-12,15H. The third-order valence-corrected chi connectivity index (χ3v) is 5.88. The van der Waals surface area contributed by atoms with Gasteiger partial charge in [-0.3, -0.25) is 0 Å². The second-order valence-electron chi connectivity index (χ2n) is 4.58. The van der Waals surface area contributed by atoms with E-state index in [0.29, 0.717) is 0 Å². The highest BCUT2D eigenvalue weighted by Gasteiger charge is 2.22. The maximum atomic E-state index is 13.1. The highest BCUT2D eigenvalue weighted by Crippen LogP contribution is 2.42. The van der Waals surface area contributed by atoms with Gasteiger partial charge in [0.25, 0.3) is 0 Å². The Labute approximate surface area is 118 Å². The van der Waals surface area contributed by atoms with Crippen molar-refractivity contribution in [1.29, 1.82) is 0 Å². The number of rotatable bonds is 3. The molecule has 2 aromatic rings. The molecular weight excluding hydrogens is 273 g/mol. The van der Waals surface area contributed by atoms with Crippen LogP contribution in [0.4, 0.5) is 8.78 Å². The van der Waals surface area contributed by atoms with Crippen molar-refractivity contribution in [3.63, 3.8) is 0 Å². The molecule has 0 aliphatic heterocycles. The molecule has 0 N–H and O–H groups in total. The predicted molar refractivity (Wildman–Crippen MR) is 81.1 cm³/mol. The van der Waals surface area contributed by atoms with E-state index in [1.165, 1.54) is 24.3 Å². The Morgan fingerprint density at radius 2 is 1.05 bits per heavy atom. The second kappa shape index (κ2) is 5.68. The number of hydrogen-bond acceptors (Lipinski definition) is 0. The Kier molecular flexibility index (Phi) is 3.75. The Morgan fingerprint density at radius 3 is 1.45 bits per heavy atom. The fourth-order valence-electron chi connectivity index (χ4n) is 2.29. The molecule has 0 aromatic heterocycles. The fraction of sp³-hybridized carbons (Fsp3) is 0.0588. The maximum Gasteiger partial charge on any atom is 0.123 e. The van der Waals surface area contributed by atoms with Crippen molar-refractivity contribution in [3.05, 3.63) is 84.5 Å². The lowest BCUT2D eigenvalue weighted by atomic mass is 10.3. The highest BCUT2D eigenvalue weighted by molar-refractivity contribution is 7.74. The van der Waals surface area contributed by atoms with Crippen LogP contribution in [0.5, 0.6) is 0 Å². The van der Waals surface area contributed by atoms with Gasteiger partial charge in [-0.25, -0.2) is 8.78 Å². The molecule has 0 nitrogen and oxygen atoms in total. The van der Waals surface area contributed by atoms with Crippen LogP contribution in [0.25, 0.3) is 0 Å². The molecular formula is C17H13F2P. The zero-order valence-corrected chi connectivity index (χ0v) is 11.6. The Balaban J connectivity index is 2.03. The summed E-state index contributed by atoms with van der Waals surface area (Å²) in [4.78, 5) is 0. The second-order valence-corrected chi connectivity index (χ2v) is 6.95. The van der Waals surface area contributed by atoms with Crippen LogP contribution < -0.4 is 10.6 Å². The van der Waals surface area contributed by atoms with Gasteiger partial charge in [0.05, 0.1) is 0 Å². The van der Waals surface area contributed by atoms with Crippen LogP contribution in [0.3, 0.4) is 0 Å². The van der Waals surface area contributed by atoms with Crippen LogP contribution in [0, 0.1) is 11.6 Å². The van der Waals surface area contributed by atoms with Gasteiger partial charge in [0, 0.05) is 5.66 Å². The molecule has 0 atom stereocenters. The topological polar surface area (TPSA) is 0 Å².